The lowest BCUT2D eigenvalue weighted by molar-refractivity contribution is 0.0697. The zero-order chi connectivity index (χ0) is 19.0. The molecule has 4 N–H and O–H groups in total. The van der Waals surface area contributed by atoms with Gasteiger partial charge in [-0.2, -0.15) is 0 Å². The number of carboxylic acids is 1. The molecule has 1 aromatic carbocycles. The van der Waals surface area contributed by atoms with Crippen LogP contribution in [-0.2, 0) is 0 Å². The fourth-order valence-corrected chi connectivity index (χ4v) is 4.10. The molecule has 0 aliphatic heterocycles. The van der Waals surface area contributed by atoms with Gasteiger partial charge in [0.05, 0.1) is 11.1 Å². The van der Waals surface area contributed by atoms with Crippen molar-refractivity contribution >= 4 is 33.5 Å². The number of carbonyl (C=O) groups is 1. The molecule has 2 atom stereocenters. The van der Waals surface area contributed by atoms with Crippen LogP contribution in [0.4, 0.5) is 5.82 Å². The molecule has 0 spiro atoms. The number of aromatic carboxylic acids is 1. The molecule has 1 fully saturated rings. The standard InChI is InChI=1S/C21H24N4O2/c1-21(22)8-3-2-4-14(21)11-24-19-16-7-9-23-12-17(16)15-6-5-13(20(26)27)10-18(15)25-19/h5-7,9-10,12,14H,2-4,8,11,22H2,1H3,(H,24,25)(H,26,27). The zero-order valence-electron chi connectivity index (χ0n) is 15.4. The lowest BCUT2D eigenvalue weighted by atomic mass is 9.74. The lowest BCUT2D eigenvalue weighted by Gasteiger charge is -2.38. The third-order valence-electron chi connectivity index (χ3n) is 5.81. The average molecular weight is 364 g/mol. The van der Waals surface area contributed by atoms with Crippen molar-refractivity contribution in [1.82, 2.24) is 9.97 Å². The molecule has 2 aromatic heterocycles. The van der Waals surface area contributed by atoms with E-state index in [1.165, 1.54) is 12.8 Å². The number of aromatic nitrogens is 2. The summed E-state index contributed by atoms with van der Waals surface area (Å²) in [6, 6.07) is 6.96. The van der Waals surface area contributed by atoms with Crippen molar-refractivity contribution in [2.45, 2.75) is 38.1 Å². The first-order valence-electron chi connectivity index (χ1n) is 9.39. The van der Waals surface area contributed by atoms with Gasteiger partial charge in [0, 0.05) is 40.6 Å². The van der Waals surface area contributed by atoms with Crippen LogP contribution in [0.2, 0.25) is 0 Å². The van der Waals surface area contributed by atoms with Crippen LogP contribution in [0, 0.1) is 5.92 Å². The third kappa shape index (κ3) is 3.32. The predicted octanol–water partition coefficient (Wildman–Crippen LogP) is 3.80. The van der Waals surface area contributed by atoms with E-state index in [-0.39, 0.29) is 11.1 Å². The molecule has 0 saturated heterocycles. The molecular formula is C21H24N4O2. The highest BCUT2D eigenvalue weighted by Crippen LogP contribution is 2.33. The van der Waals surface area contributed by atoms with Crippen LogP contribution in [0.1, 0.15) is 43.0 Å². The van der Waals surface area contributed by atoms with Crippen molar-refractivity contribution in [2.75, 3.05) is 11.9 Å². The Kier molecular flexibility index (Phi) is 4.44. The van der Waals surface area contributed by atoms with Gasteiger partial charge in [-0.25, -0.2) is 9.78 Å². The van der Waals surface area contributed by atoms with E-state index < -0.39 is 5.97 Å². The number of hydrogen-bond acceptors (Lipinski definition) is 5. The molecule has 0 bridgehead atoms. The molecule has 2 unspecified atom stereocenters. The Bertz CT molecular complexity index is 1020. The van der Waals surface area contributed by atoms with Crippen molar-refractivity contribution in [2.24, 2.45) is 11.7 Å². The highest BCUT2D eigenvalue weighted by atomic mass is 16.4. The van der Waals surface area contributed by atoms with Crippen molar-refractivity contribution in [3.63, 3.8) is 0 Å². The number of benzene rings is 1. The number of nitrogens with zero attached hydrogens (tertiary/aromatic N) is 2. The van der Waals surface area contributed by atoms with E-state index in [2.05, 4.69) is 17.2 Å². The monoisotopic (exact) mass is 364 g/mol. The molecule has 0 amide bonds. The first-order chi connectivity index (χ1) is 13.0. The van der Waals surface area contributed by atoms with Gasteiger partial charge in [-0.3, -0.25) is 4.98 Å². The van der Waals surface area contributed by atoms with E-state index in [4.69, 9.17) is 10.7 Å². The summed E-state index contributed by atoms with van der Waals surface area (Å²) in [6.07, 6.45) is 8.09. The number of nitrogens with two attached hydrogens (primary N) is 1. The van der Waals surface area contributed by atoms with Crippen LogP contribution in [0.3, 0.4) is 0 Å². The van der Waals surface area contributed by atoms with Crippen LogP contribution in [-0.4, -0.2) is 33.1 Å². The number of pyridine rings is 2. The summed E-state index contributed by atoms with van der Waals surface area (Å²) >= 11 is 0. The normalized spacial score (nSPS) is 22.8. The Hall–Kier alpha value is -2.73. The smallest absolute Gasteiger partial charge is 0.335 e. The SMILES string of the molecule is CC1(N)CCCCC1CNc1nc2cc(C(=O)O)ccc2c2cnccc12. The lowest BCUT2D eigenvalue weighted by Crippen LogP contribution is -2.48. The van der Waals surface area contributed by atoms with Gasteiger partial charge in [0.1, 0.15) is 5.82 Å². The van der Waals surface area contributed by atoms with Gasteiger partial charge in [-0.1, -0.05) is 18.9 Å². The summed E-state index contributed by atoms with van der Waals surface area (Å²) in [7, 11) is 0. The number of hydrogen-bond donors (Lipinski definition) is 3. The fourth-order valence-electron chi connectivity index (χ4n) is 4.10. The zero-order valence-corrected chi connectivity index (χ0v) is 15.4. The van der Waals surface area contributed by atoms with Crippen molar-refractivity contribution in [3.05, 3.63) is 42.2 Å². The Morgan fingerprint density at radius 1 is 1.30 bits per heavy atom. The number of fused-ring (bicyclic) bond motifs is 3. The minimum atomic E-state index is -0.958. The molecule has 6 heteroatoms. The Labute approximate surface area is 157 Å². The van der Waals surface area contributed by atoms with E-state index in [0.29, 0.717) is 11.4 Å². The van der Waals surface area contributed by atoms with E-state index in [0.717, 1.165) is 41.4 Å². The fraction of sp³-hybridized carbons (Fsp3) is 0.381. The van der Waals surface area contributed by atoms with Gasteiger partial charge < -0.3 is 16.2 Å². The number of carboxylic acid groups (broad SMARTS) is 1. The van der Waals surface area contributed by atoms with Crippen LogP contribution in [0.15, 0.2) is 36.7 Å². The number of rotatable bonds is 4. The Morgan fingerprint density at radius 3 is 2.93 bits per heavy atom. The van der Waals surface area contributed by atoms with Gasteiger partial charge in [0.2, 0.25) is 0 Å². The van der Waals surface area contributed by atoms with Crippen LogP contribution in [0.5, 0.6) is 0 Å². The summed E-state index contributed by atoms with van der Waals surface area (Å²) in [5, 5.41) is 15.6. The molecule has 4 rings (SSSR count). The Balaban J connectivity index is 1.75. The minimum Gasteiger partial charge on any atom is -0.478 e. The maximum atomic E-state index is 11.3. The maximum Gasteiger partial charge on any atom is 0.335 e. The van der Waals surface area contributed by atoms with Crippen LogP contribution in [0.25, 0.3) is 21.7 Å². The molecule has 0 radical (unpaired) electrons. The largest absolute Gasteiger partial charge is 0.478 e. The first-order valence-corrected chi connectivity index (χ1v) is 9.39. The molecule has 6 nitrogen and oxygen atoms in total. The second-order valence-corrected chi connectivity index (χ2v) is 7.75. The summed E-state index contributed by atoms with van der Waals surface area (Å²) in [5.74, 6) is 0.176. The quantitative estimate of drug-likeness (QED) is 0.609. The van der Waals surface area contributed by atoms with Gasteiger partial charge in [-0.05, 0) is 43.9 Å². The summed E-state index contributed by atoms with van der Waals surface area (Å²) < 4.78 is 0. The van der Waals surface area contributed by atoms with Crippen molar-refractivity contribution < 1.29 is 9.90 Å². The van der Waals surface area contributed by atoms with E-state index in [9.17, 15) is 9.90 Å². The van der Waals surface area contributed by atoms with Crippen molar-refractivity contribution in [1.29, 1.82) is 0 Å². The summed E-state index contributed by atoms with van der Waals surface area (Å²) in [4.78, 5) is 20.3. The van der Waals surface area contributed by atoms with Crippen LogP contribution >= 0.6 is 0 Å². The Morgan fingerprint density at radius 2 is 2.15 bits per heavy atom. The summed E-state index contributed by atoms with van der Waals surface area (Å²) in [6.45, 7) is 2.88. The third-order valence-corrected chi connectivity index (χ3v) is 5.81. The topological polar surface area (TPSA) is 101 Å². The molecule has 140 valence electrons. The maximum absolute atomic E-state index is 11.3. The van der Waals surface area contributed by atoms with Gasteiger partial charge in [0.15, 0.2) is 0 Å². The minimum absolute atomic E-state index is 0.171. The molecule has 3 aromatic rings. The van der Waals surface area contributed by atoms with Gasteiger partial charge in [0.25, 0.3) is 0 Å². The molecule has 2 heterocycles. The molecule has 1 saturated carbocycles. The average Bonchev–Trinajstić information content (AvgIpc) is 2.66. The van der Waals surface area contributed by atoms with Crippen molar-refractivity contribution in [3.8, 4) is 0 Å². The highest BCUT2D eigenvalue weighted by molar-refractivity contribution is 6.10. The highest BCUT2D eigenvalue weighted by Gasteiger charge is 2.32. The second kappa shape index (κ2) is 6.78. The molecular weight excluding hydrogens is 340 g/mol. The second-order valence-electron chi connectivity index (χ2n) is 7.75. The first kappa shape index (κ1) is 17.7. The number of nitrogens with one attached hydrogen (secondary N) is 1. The van der Waals surface area contributed by atoms with Gasteiger partial charge >= 0.3 is 5.97 Å². The summed E-state index contributed by atoms with van der Waals surface area (Å²) in [5.41, 5.74) is 7.21. The van der Waals surface area contributed by atoms with Gasteiger partial charge in [-0.15, -0.1) is 0 Å². The van der Waals surface area contributed by atoms with Crippen LogP contribution < -0.4 is 11.1 Å². The molecule has 1 aliphatic carbocycles. The van der Waals surface area contributed by atoms with E-state index in [1.807, 2.05) is 6.07 Å². The number of anilines is 1. The predicted molar refractivity (Wildman–Crippen MR) is 107 cm³/mol. The van der Waals surface area contributed by atoms with E-state index >= 15 is 0 Å². The molecule has 1 aliphatic rings. The van der Waals surface area contributed by atoms with E-state index in [1.54, 1.807) is 30.6 Å². The molecule has 27 heavy (non-hydrogen) atoms.